The second kappa shape index (κ2) is 7.68. The van der Waals surface area contributed by atoms with Gasteiger partial charge in [-0.05, 0) is 31.5 Å². The molecule has 1 fully saturated rings. The highest BCUT2D eigenvalue weighted by molar-refractivity contribution is 5.74. The molecule has 2 heterocycles. The molecule has 1 saturated heterocycles. The smallest absolute Gasteiger partial charge is 0.217 e. The number of aryl methyl sites for hydroxylation is 2. The van der Waals surface area contributed by atoms with Crippen molar-refractivity contribution in [1.82, 2.24) is 20.2 Å². The summed E-state index contributed by atoms with van der Waals surface area (Å²) in [6.45, 7) is 8.15. The largest absolute Gasteiger partial charge is 0.352 e. The summed E-state index contributed by atoms with van der Waals surface area (Å²) in [6, 6.07) is 16.7. The molecular formula is C23H26N4O. The molecule has 1 amide bonds. The maximum Gasteiger partial charge on any atom is 0.217 e. The zero-order chi connectivity index (χ0) is 19.7. The predicted octanol–water partition coefficient (Wildman–Crippen LogP) is 3.35. The molecule has 0 aliphatic carbocycles. The average Bonchev–Trinajstić information content (AvgIpc) is 3.04. The van der Waals surface area contributed by atoms with E-state index in [-0.39, 0.29) is 17.9 Å². The Morgan fingerprint density at radius 3 is 2.39 bits per heavy atom. The minimum atomic E-state index is 0.0191. The highest BCUT2D eigenvalue weighted by atomic mass is 16.1. The van der Waals surface area contributed by atoms with E-state index in [2.05, 4.69) is 41.4 Å². The quantitative estimate of drug-likeness (QED) is 0.761. The molecule has 1 N–H and O–H groups in total. The number of hydrogen-bond donors (Lipinski definition) is 1. The van der Waals surface area contributed by atoms with Gasteiger partial charge in [-0.15, -0.1) is 0 Å². The Morgan fingerprint density at radius 2 is 1.71 bits per heavy atom. The van der Waals surface area contributed by atoms with Crippen LogP contribution in [-0.2, 0) is 11.3 Å². The molecule has 28 heavy (non-hydrogen) atoms. The van der Waals surface area contributed by atoms with Crippen LogP contribution in [0.15, 0.2) is 48.5 Å². The van der Waals surface area contributed by atoms with Crippen molar-refractivity contribution in [3.63, 3.8) is 0 Å². The lowest BCUT2D eigenvalue weighted by atomic mass is 9.93. The molecule has 5 nitrogen and oxygen atoms in total. The third-order valence-corrected chi connectivity index (χ3v) is 5.51. The van der Waals surface area contributed by atoms with Crippen molar-refractivity contribution in [3.05, 3.63) is 71.0 Å². The van der Waals surface area contributed by atoms with Gasteiger partial charge in [0.05, 0.1) is 22.4 Å². The van der Waals surface area contributed by atoms with Crippen molar-refractivity contribution in [2.75, 3.05) is 13.1 Å². The van der Waals surface area contributed by atoms with Crippen LogP contribution < -0.4 is 5.32 Å². The second-order valence-corrected chi connectivity index (χ2v) is 7.76. The van der Waals surface area contributed by atoms with Gasteiger partial charge in [0.1, 0.15) is 0 Å². The number of aromatic nitrogens is 2. The van der Waals surface area contributed by atoms with Crippen LogP contribution in [0.25, 0.3) is 11.0 Å². The van der Waals surface area contributed by atoms with Gasteiger partial charge in [-0.2, -0.15) is 0 Å². The van der Waals surface area contributed by atoms with Crippen LogP contribution in [-0.4, -0.2) is 39.9 Å². The van der Waals surface area contributed by atoms with E-state index in [4.69, 9.17) is 9.97 Å². The molecule has 0 radical (unpaired) electrons. The molecule has 3 aromatic rings. The van der Waals surface area contributed by atoms with Gasteiger partial charge in [0, 0.05) is 38.5 Å². The van der Waals surface area contributed by atoms with Crippen molar-refractivity contribution in [2.45, 2.75) is 39.3 Å². The van der Waals surface area contributed by atoms with Crippen LogP contribution in [0.5, 0.6) is 0 Å². The number of carbonyl (C=O) groups excluding carboxylic acids is 1. The fraction of sp³-hybridized carbons (Fsp3) is 0.348. The summed E-state index contributed by atoms with van der Waals surface area (Å²) in [4.78, 5) is 23.7. The summed E-state index contributed by atoms with van der Waals surface area (Å²) >= 11 is 0. The Balaban J connectivity index is 1.57. The van der Waals surface area contributed by atoms with Crippen LogP contribution in [0.1, 0.15) is 35.4 Å². The summed E-state index contributed by atoms with van der Waals surface area (Å²) in [6.07, 6.45) is 0. The molecule has 1 aromatic heterocycles. The van der Waals surface area contributed by atoms with Crippen LogP contribution in [0.4, 0.5) is 0 Å². The molecular weight excluding hydrogens is 348 g/mol. The van der Waals surface area contributed by atoms with E-state index in [0.29, 0.717) is 0 Å². The third kappa shape index (κ3) is 3.90. The number of para-hydroxylation sites is 2. The van der Waals surface area contributed by atoms with E-state index in [1.807, 2.05) is 31.2 Å². The molecule has 4 rings (SSSR count). The van der Waals surface area contributed by atoms with E-state index in [0.717, 1.165) is 42.1 Å². The number of likely N-dealkylation sites (tertiary alicyclic amines) is 1. The minimum absolute atomic E-state index is 0.0191. The van der Waals surface area contributed by atoms with E-state index >= 15 is 0 Å². The van der Waals surface area contributed by atoms with E-state index in [9.17, 15) is 4.79 Å². The standard InChI is InChI=1S/C23H26N4O/c1-15-8-10-18(11-9-15)19-12-27(14-23(19)25-17(3)28)13-22-16(2)24-20-6-4-5-7-21(20)26-22/h4-11,19,23H,12-14H2,1-3H3,(H,25,28)/t19-,23+/m0/s1. The number of fused-ring (bicyclic) bond motifs is 1. The number of carbonyl (C=O) groups is 1. The first-order valence-corrected chi connectivity index (χ1v) is 9.78. The third-order valence-electron chi connectivity index (χ3n) is 5.51. The molecule has 0 saturated carbocycles. The maximum absolute atomic E-state index is 11.7. The number of amides is 1. The Kier molecular flexibility index (Phi) is 5.09. The Labute approximate surface area is 165 Å². The molecule has 1 aliphatic heterocycles. The summed E-state index contributed by atoms with van der Waals surface area (Å²) < 4.78 is 0. The Hall–Kier alpha value is -2.79. The molecule has 5 heteroatoms. The first-order chi connectivity index (χ1) is 13.5. The second-order valence-electron chi connectivity index (χ2n) is 7.76. The van der Waals surface area contributed by atoms with Gasteiger partial charge in [0.25, 0.3) is 0 Å². The first-order valence-electron chi connectivity index (χ1n) is 9.78. The van der Waals surface area contributed by atoms with Crippen LogP contribution in [0, 0.1) is 13.8 Å². The van der Waals surface area contributed by atoms with E-state index < -0.39 is 0 Å². The van der Waals surface area contributed by atoms with Crippen molar-refractivity contribution >= 4 is 16.9 Å². The lowest BCUT2D eigenvalue weighted by Crippen LogP contribution is -2.38. The lowest BCUT2D eigenvalue weighted by Gasteiger charge is -2.19. The Bertz CT molecular complexity index is 999. The SMILES string of the molecule is CC(=O)N[C@@H]1CN(Cc2nc3ccccc3nc2C)C[C@H]1c1ccc(C)cc1. The number of nitrogens with one attached hydrogen (secondary N) is 1. The van der Waals surface area contributed by atoms with Crippen molar-refractivity contribution < 1.29 is 4.79 Å². The number of rotatable bonds is 4. The van der Waals surface area contributed by atoms with Crippen molar-refractivity contribution in [1.29, 1.82) is 0 Å². The highest BCUT2D eigenvalue weighted by Gasteiger charge is 2.34. The molecule has 0 spiro atoms. The summed E-state index contributed by atoms with van der Waals surface area (Å²) in [5, 5.41) is 3.15. The molecule has 144 valence electrons. The average molecular weight is 374 g/mol. The molecule has 0 unspecified atom stereocenters. The van der Waals surface area contributed by atoms with Gasteiger partial charge < -0.3 is 5.32 Å². The predicted molar refractivity (Wildman–Crippen MR) is 111 cm³/mol. The minimum Gasteiger partial charge on any atom is -0.352 e. The summed E-state index contributed by atoms with van der Waals surface area (Å²) in [5.74, 6) is 0.295. The maximum atomic E-state index is 11.7. The summed E-state index contributed by atoms with van der Waals surface area (Å²) in [5.41, 5.74) is 6.35. The Morgan fingerprint density at radius 1 is 1.04 bits per heavy atom. The van der Waals surface area contributed by atoms with Gasteiger partial charge in [0.15, 0.2) is 0 Å². The van der Waals surface area contributed by atoms with Gasteiger partial charge in [-0.1, -0.05) is 42.0 Å². The van der Waals surface area contributed by atoms with Gasteiger partial charge in [-0.25, -0.2) is 9.97 Å². The molecule has 2 aromatic carbocycles. The lowest BCUT2D eigenvalue weighted by molar-refractivity contribution is -0.119. The molecule has 2 atom stereocenters. The van der Waals surface area contributed by atoms with Gasteiger partial charge in [0.2, 0.25) is 5.91 Å². The zero-order valence-corrected chi connectivity index (χ0v) is 16.6. The monoisotopic (exact) mass is 374 g/mol. The molecule has 0 bridgehead atoms. The van der Waals surface area contributed by atoms with Crippen LogP contribution in [0.3, 0.4) is 0 Å². The number of benzene rings is 2. The highest BCUT2D eigenvalue weighted by Crippen LogP contribution is 2.29. The topological polar surface area (TPSA) is 58.1 Å². The van der Waals surface area contributed by atoms with Crippen molar-refractivity contribution in [3.8, 4) is 0 Å². The molecule has 1 aliphatic rings. The number of nitrogens with zero attached hydrogens (tertiary/aromatic N) is 3. The van der Waals surface area contributed by atoms with Crippen molar-refractivity contribution in [2.24, 2.45) is 0 Å². The van der Waals surface area contributed by atoms with Crippen LogP contribution in [0.2, 0.25) is 0 Å². The normalized spacial score (nSPS) is 19.8. The first kappa shape index (κ1) is 18.6. The van der Waals surface area contributed by atoms with Gasteiger partial charge >= 0.3 is 0 Å². The van der Waals surface area contributed by atoms with E-state index in [1.165, 1.54) is 11.1 Å². The fourth-order valence-electron chi connectivity index (χ4n) is 4.06. The summed E-state index contributed by atoms with van der Waals surface area (Å²) in [7, 11) is 0. The number of hydrogen-bond acceptors (Lipinski definition) is 4. The van der Waals surface area contributed by atoms with Crippen LogP contribution >= 0.6 is 0 Å². The van der Waals surface area contributed by atoms with E-state index in [1.54, 1.807) is 6.92 Å². The van der Waals surface area contributed by atoms with Gasteiger partial charge in [-0.3, -0.25) is 9.69 Å². The fourth-order valence-corrected chi connectivity index (χ4v) is 4.06. The zero-order valence-electron chi connectivity index (χ0n) is 16.6.